The topological polar surface area (TPSA) is 35.2 Å². The van der Waals surface area contributed by atoms with E-state index in [0.717, 1.165) is 22.2 Å². The first kappa shape index (κ1) is 12.7. The highest BCUT2D eigenvalue weighted by atomic mass is 79.9. The Bertz CT molecular complexity index is 415. The van der Waals surface area contributed by atoms with Crippen LogP contribution < -0.4 is 10.5 Å². The molecule has 2 unspecified atom stereocenters. The van der Waals surface area contributed by atoms with Crippen LogP contribution in [0.15, 0.2) is 34.8 Å². The van der Waals surface area contributed by atoms with E-state index in [1.54, 1.807) is 0 Å². The van der Waals surface area contributed by atoms with Crippen LogP contribution in [0, 0.1) is 0 Å². The molecule has 2 N–H and O–H groups in total. The van der Waals surface area contributed by atoms with Gasteiger partial charge < -0.3 is 10.5 Å². The molecule has 2 rings (SSSR count). The summed E-state index contributed by atoms with van der Waals surface area (Å²) in [5, 5.41) is 0. The van der Waals surface area contributed by atoms with Crippen molar-refractivity contribution in [2.45, 2.75) is 38.3 Å². The van der Waals surface area contributed by atoms with Gasteiger partial charge in [-0.3, -0.25) is 0 Å². The quantitative estimate of drug-likeness (QED) is 0.857. The molecule has 0 heterocycles. The second-order valence-electron chi connectivity index (χ2n) is 4.49. The third kappa shape index (κ3) is 3.33. The van der Waals surface area contributed by atoms with Crippen LogP contribution in [0.2, 0.25) is 0 Å². The summed E-state index contributed by atoms with van der Waals surface area (Å²) >= 11 is 3.46. The molecule has 1 aliphatic carbocycles. The predicted octanol–water partition coefficient (Wildman–Crippen LogP) is 3.96. The van der Waals surface area contributed by atoms with E-state index in [0.29, 0.717) is 0 Å². The van der Waals surface area contributed by atoms with Crippen LogP contribution in [0.3, 0.4) is 0 Å². The Labute approximate surface area is 111 Å². The van der Waals surface area contributed by atoms with Gasteiger partial charge in [-0.1, -0.05) is 22.0 Å². The Balaban J connectivity index is 2.19. The molecule has 0 spiro atoms. The third-order valence-electron chi connectivity index (χ3n) is 2.95. The number of allylic oxidation sites excluding steroid dienone is 1. The second-order valence-corrected chi connectivity index (χ2v) is 5.40. The van der Waals surface area contributed by atoms with Crippen molar-refractivity contribution in [1.29, 1.82) is 0 Å². The minimum absolute atomic E-state index is 0.0185. The smallest absolute Gasteiger partial charge is 0.125 e. The van der Waals surface area contributed by atoms with Gasteiger partial charge in [0.15, 0.2) is 0 Å². The molecule has 1 aliphatic rings. The van der Waals surface area contributed by atoms with Crippen molar-refractivity contribution in [2.24, 2.45) is 5.73 Å². The fraction of sp³-hybridized carbons (Fsp3) is 0.429. The number of halogens is 1. The van der Waals surface area contributed by atoms with Gasteiger partial charge in [0.1, 0.15) is 11.9 Å². The van der Waals surface area contributed by atoms with E-state index >= 15 is 0 Å². The zero-order valence-corrected chi connectivity index (χ0v) is 11.6. The number of nitrogens with two attached hydrogens (primary N) is 1. The molecule has 3 heteroatoms. The Morgan fingerprint density at radius 3 is 2.94 bits per heavy atom. The Morgan fingerprint density at radius 1 is 1.47 bits per heavy atom. The lowest BCUT2D eigenvalue weighted by Crippen LogP contribution is -2.18. The van der Waals surface area contributed by atoms with Gasteiger partial charge in [0.25, 0.3) is 0 Å². The fourth-order valence-electron chi connectivity index (χ4n) is 2.02. The summed E-state index contributed by atoms with van der Waals surface area (Å²) in [7, 11) is 0. The van der Waals surface area contributed by atoms with Gasteiger partial charge in [0.2, 0.25) is 0 Å². The van der Waals surface area contributed by atoms with Crippen LogP contribution in [-0.2, 0) is 0 Å². The van der Waals surface area contributed by atoms with Crippen LogP contribution >= 0.6 is 15.9 Å². The summed E-state index contributed by atoms with van der Waals surface area (Å²) < 4.78 is 7.05. The lowest BCUT2D eigenvalue weighted by molar-refractivity contribution is 0.227. The normalized spacial score (nSPS) is 21.2. The van der Waals surface area contributed by atoms with E-state index < -0.39 is 0 Å². The molecule has 0 radical (unpaired) electrons. The van der Waals surface area contributed by atoms with E-state index in [4.69, 9.17) is 10.5 Å². The first-order valence-corrected chi connectivity index (χ1v) is 6.84. The van der Waals surface area contributed by atoms with Crippen molar-refractivity contribution in [3.05, 3.63) is 40.4 Å². The molecule has 0 amide bonds. The number of ether oxygens (including phenoxy) is 1. The molecule has 0 bridgehead atoms. The van der Waals surface area contributed by atoms with Gasteiger partial charge in [-0.15, -0.1) is 0 Å². The molecule has 0 saturated carbocycles. The van der Waals surface area contributed by atoms with Crippen LogP contribution in [0.5, 0.6) is 5.75 Å². The van der Waals surface area contributed by atoms with Crippen molar-refractivity contribution in [3.63, 3.8) is 0 Å². The van der Waals surface area contributed by atoms with Crippen molar-refractivity contribution < 1.29 is 4.74 Å². The van der Waals surface area contributed by atoms with E-state index in [9.17, 15) is 0 Å². The van der Waals surface area contributed by atoms with E-state index in [1.165, 1.54) is 12.8 Å². The highest BCUT2D eigenvalue weighted by molar-refractivity contribution is 9.10. The monoisotopic (exact) mass is 295 g/mol. The van der Waals surface area contributed by atoms with Gasteiger partial charge in [-0.2, -0.15) is 0 Å². The predicted molar refractivity (Wildman–Crippen MR) is 74.2 cm³/mol. The van der Waals surface area contributed by atoms with Gasteiger partial charge in [0.05, 0.1) is 0 Å². The molecule has 2 atom stereocenters. The summed E-state index contributed by atoms with van der Waals surface area (Å²) in [6, 6.07) is 6.00. The maximum absolute atomic E-state index is 6.02. The largest absolute Gasteiger partial charge is 0.486 e. The summed E-state index contributed by atoms with van der Waals surface area (Å²) in [5.74, 6) is 0.903. The van der Waals surface area contributed by atoms with Gasteiger partial charge in [0, 0.05) is 16.1 Å². The molecule has 0 aromatic heterocycles. The van der Waals surface area contributed by atoms with Crippen LogP contribution in [0.1, 0.15) is 37.8 Å². The van der Waals surface area contributed by atoms with E-state index in [2.05, 4.69) is 28.1 Å². The van der Waals surface area contributed by atoms with Crippen molar-refractivity contribution in [2.75, 3.05) is 0 Å². The Hall–Kier alpha value is -0.800. The van der Waals surface area contributed by atoms with Gasteiger partial charge in [-0.25, -0.2) is 0 Å². The molecule has 2 nitrogen and oxygen atoms in total. The molecular formula is C14H18BrNO. The molecular weight excluding hydrogens is 278 g/mol. The summed E-state index contributed by atoms with van der Waals surface area (Å²) in [5.41, 5.74) is 7.02. The average molecular weight is 296 g/mol. The highest BCUT2D eigenvalue weighted by Gasteiger charge is 2.14. The van der Waals surface area contributed by atoms with Crippen molar-refractivity contribution in [1.82, 2.24) is 0 Å². The van der Waals surface area contributed by atoms with Crippen molar-refractivity contribution in [3.8, 4) is 5.75 Å². The minimum Gasteiger partial charge on any atom is -0.486 e. The molecule has 17 heavy (non-hydrogen) atoms. The fourth-order valence-corrected chi connectivity index (χ4v) is 2.40. The highest BCUT2D eigenvalue weighted by Crippen LogP contribution is 2.29. The number of hydrogen-bond donors (Lipinski definition) is 1. The van der Waals surface area contributed by atoms with E-state index in [1.807, 2.05) is 25.1 Å². The zero-order chi connectivity index (χ0) is 12.3. The Kier molecular flexibility index (Phi) is 4.24. The standard InChI is InChI=1S/C14H18BrNO/c1-10(16)13-9-11(15)7-8-14(13)17-12-5-3-2-4-6-12/h3,5,7-10,12H,2,4,6,16H2,1H3. The first-order valence-electron chi connectivity index (χ1n) is 6.05. The zero-order valence-electron chi connectivity index (χ0n) is 10.0. The summed E-state index contributed by atoms with van der Waals surface area (Å²) in [6.07, 6.45) is 7.99. The van der Waals surface area contributed by atoms with Crippen LogP contribution in [0.25, 0.3) is 0 Å². The lowest BCUT2D eigenvalue weighted by atomic mass is 10.0. The van der Waals surface area contributed by atoms with Gasteiger partial charge in [-0.05, 0) is 50.5 Å². The third-order valence-corrected chi connectivity index (χ3v) is 3.44. The molecule has 0 fully saturated rings. The maximum Gasteiger partial charge on any atom is 0.125 e. The van der Waals surface area contributed by atoms with Crippen LogP contribution in [0.4, 0.5) is 0 Å². The molecule has 0 saturated heterocycles. The maximum atomic E-state index is 6.02. The summed E-state index contributed by atoms with van der Waals surface area (Å²) in [6.45, 7) is 1.98. The number of hydrogen-bond acceptors (Lipinski definition) is 2. The molecule has 1 aromatic carbocycles. The Morgan fingerprint density at radius 2 is 2.29 bits per heavy atom. The molecule has 0 aliphatic heterocycles. The second kappa shape index (κ2) is 5.69. The summed E-state index contributed by atoms with van der Waals surface area (Å²) in [4.78, 5) is 0. The lowest BCUT2D eigenvalue weighted by Gasteiger charge is -2.21. The number of benzene rings is 1. The SMILES string of the molecule is CC(N)c1cc(Br)ccc1OC1C=CCCC1. The number of rotatable bonds is 3. The van der Waals surface area contributed by atoms with Gasteiger partial charge >= 0.3 is 0 Å². The minimum atomic E-state index is -0.0185. The average Bonchev–Trinajstić information content (AvgIpc) is 2.32. The van der Waals surface area contributed by atoms with E-state index in [-0.39, 0.29) is 12.1 Å². The molecule has 92 valence electrons. The first-order chi connectivity index (χ1) is 8.16. The molecule has 1 aromatic rings. The van der Waals surface area contributed by atoms with Crippen molar-refractivity contribution >= 4 is 15.9 Å². The van der Waals surface area contributed by atoms with Crippen LogP contribution in [-0.4, -0.2) is 6.10 Å².